The van der Waals surface area contributed by atoms with Crippen molar-refractivity contribution in [2.45, 2.75) is 13.3 Å². The Morgan fingerprint density at radius 2 is 1.93 bits per heavy atom. The quantitative estimate of drug-likeness (QED) is 0.533. The van der Waals surface area contributed by atoms with Crippen LogP contribution in [0.2, 0.25) is 0 Å². The molecule has 0 aliphatic heterocycles. The summed E-state index contributed by atoms with van der Waals surface area (Å²) in [5.74, 6) is 0.0663. The minimum absolute atomic E-state index is 0.141. The van der Waals surface area contributed by atoms with Crippen molar-refractivity contribution in [1.82, 2.24) is 15.5 Å². The zero-order valence-electron chi connectivity index (χ0n) is 16.2. The van der Waals surface area contributed by atoms with E-state index in [4.69, 9.17) is 4.74 Å². The van der Waals surface area contributed by atoms with Gasteiger partial charge in [0, 0.05) is 36.6 Å². The molecule has 3 rings (SSSR count). The molecule has 0 aliphatic rings. The van der Waals surface area contributed by atoms with Crippen molar-refractivity contribution in [3.05, 3.63) is 72.0 Å². The average Bonchev–Trinajstić information content (AvgIpc) is 2.74. The fraction of sp³-hybridized carbons (Fsp3) is 0.227. The first-order chi connectivity index (χ1) is 14.2. The number of hydrogen-bond donors (Lipinski definition) is 2. The molecule has 3 aromatic rings. The molecule has 0 fully saturated rings. The van der Waals surface area contributed by atoms with E-state index in [1.807, 2.05) is 13.0 Å². The van der Waals surface area contributed by atoms with E-state index in [0.29, 0.717) is 42.4 Å². The van der Waals surface area contributed by atoms with E-state index in [1.54, 1.807) is 42.5 Å². The van der Waals surface area contributed by atoms with Crippen molar-refractivity contribution in [2.24, 2.45) is 0 Å². The van der Waals surface area contributed by atoms with Gasteiger partial charge in [0.25, 0.3) is 5.91 Å². The summed E-state index contributed by atoms with van der Waals surface area (Å²) in [6.45, 7) is 3.80. The first-order valence-electron chi connectivity index (χ1n) is 9.48. The Hall–Kier alpha value is -3.32. The second-order valence-electron chi connectivity index (χ2n) is 6.33. The van der Waals surface area contributed by atoms with Gasteiger partial charge in [-0.1, -0.05) is 18.2 Å². The normalized spacial score (nSPS) is 10.6. The monoisotopic (exact) mass is 394 g/mol. The maximum atomic E-state index is 13.4. The number of carbonyl (C=O) groups is 1. The number of carbonyl (C=O) groups excluding carboxylic acids is 1. The van der Waals surface area contributed by atoms with Crippen LogP contribution in [0.15, 0.2) is 60.7 Å². The minimum Gasteiger partial charge on any atom is -0.382 e. The molecule has 150 valence electrons. The molecule has 0 saturated heterocycles. The zero-order chi connectivity index (χ0) is 20.5. The summed E-state index contributed by atoms with van der Waals surface area (Å²) in [5, 5.41) is 14.3. The molecule has 0 aliphatic carbocycles. The number of aromatic nitrogens is 2. The Kier molecular flexibility index (Phi) is 7.24. The summed E-state index contributed by atoms with van der Waals surface area (Å²) in [5.41, 5.74) is 2.51. The number of rotatable bonds is 9. The zero-order valence-corrected chi connectivity index (χ0v) is 16.2. The van der Waals surface area contributed by atoms with Crippen LogP contribution < -0.4 is 10.6 Å². The van der Waals surface area contributed by atoms with Gasteiger partial charge in [-0.05, 0) is 55.8 Å². The fourth-order valence-corrected chi connectivity index (χ4v) is 2.71. The molecule has 29 heavy (non-hydrogen) atoms. The molecule has 0 bridgehead atoms. The summed E-state index contributed by atoms with van der Waals surface area (Å²) >= 11 is 0. The molecule has 7 heteroatoms. The summed E-state index contributed by atoms with van der Waals surface area (Å²) in [6, 6.07) is 16.9. The number of hydrogen-bond acceptors (Lipinski definition) is 5. The third-order valence-corrected chi connectivity index (χ3v) is 4.14. The molecule has 0 radical (unpaired) electrons. The van der Waals surface area contributed by atoms with Gasteiger partial charge < -0.3 is 15.4 Å². The Bertz CT molecular complexity index is 948. The van der Waals surface area contributed by atoms with Gasteiger partial charge in [0.2, 0.25) is 0 Å². The molecule has 1 heterocycles. The molecule has 0 atom stereocenters. The van der Waals surface area contributed by atoms with E-state index in [1.165, 1.54) is 12.1 Å². The number of nitrogens with one attached hydrogen (secondary N) is 2. The molecule has 0 spiro atoms. The first kappa shape index (κ1) is 20.4. The van der Waals surface area contributed by atoms with Crippen molar-refractivity contribution in [3.8, 4) is 11.3 Å². The maximum Gasteiger partial charge on any atom is 0.251 e. The van der Waals surface area contributed by atoms with E-state index in [-0.39, 0.29) is 11.7 Å². The van der Waals surface area contributed by atoms with E-state index < -0.39 is 0 Å². The highest BCUT2D eigenvalue weighted by Gasteiger charge is 2.07. The fourth-order valence-electron chi connectivity index (χ4n) is 2.71. The van der Waals surface area contributed by atoms with Crippen LogP contribution in [0.3, 0.4) is 0 Å². The van der Waals surface area contributed by atoms with Crippen LogP contribution in [-0.2, 0) is 4.74 Å². The lowest BCUT2D eigenvalue weighted by atomic mass is 10.1. The van der Waals surface area contributed by atoms with Gasteiger partial charge in [0.05, 0.1) is 5.69 Å². The third-order valence-electron chi connectivity index (χ3n) is 4.14. The van der Waals surface area contributed by atoms with E-state index in [2.05, 4.69) is 20.8 Å². The predicted molar refractivity (Wildman–Crippen MR) is 111 cm³/mol. The largest absolute Gasteiger partial charge is 0.382 e. The van der Waals surface area contributed by atoms with Crippen LogP contribution in [0.25, 0.3) is 11.3 Å². The molecule has 2 aromatic carbocycles. The second-order valence-corrected chi connectivity index (χ2v) is 6.33. The lowest BCUT2D eigenvalue weighted by molar-refractivity contribution is 0.0944. The number of benzene rings is 2. The average molecular weight is 394 g/mol. The molecule has 1 amide bonds. The first-order valence-corrected chi connectivity index (χ1v) is 9.48. The second kappa shape index (κ2) is 10.3. The van der Waals surface area contributed by atoms with Crippen molar-refractivity contribution < 1.29 is 13.9 Å². The summed E-state index contributed by atoms with van der Waals surface area (Å²) in [4.78, 5) is 12.3. The molecule has 0 saturated carbocycles. The number of anilines is 2. The predicted octanol–water partition coefficient (Wildman–Crippen LogP) is 4.18. The van der Waals surface area contributed by atoms with Crippen LogP contribution in [0.4, 0.5) is 15.9 Å². The van der Waals surface area contributed by atoms with Gasteiger partial charge in [-0.25, -0.2) is 4.39 Å². The van der Waals surface area contributed by atoms with Crippen LogP contribution in [0, 0.1) is 5.82 Å². The van der Waals surface area contributed by atoms with Crippen LogP contribution in [0.5, 0.6) is 0 Å². The van der Waals surface area contributed by atoms with Gasteiger partial charge in [-0.2, -0.15) is 0 Å². The smallest absolute Gasteiger partial charge is 0.251 e. The Morgan fingerprint density at radius 3 is 2.69 bits per heavy atom. The molecular formula is C22H23FN4O2. The number of amides is 1. The third kappa shape index (κ3) is 6.08. The lowest BCUT2D eigenvalue weighted by Gasteiger charge is -2.09. The minimum atomic E-state index is -0.320. The summed E-state index contributed by atoms with van der Waals surface area (Å²) in [6.07, 6.45) is 0.769. The number of halogens is 1. The molecule has 0 unspecified atom stereocenters. The highest BCUT2D eigenvalue weighted by atomic mass is 19.1. The molecule has 2 N–H and O–H groups in total. The number of ether oxygens (including phenoxy) is 1. The van der Waals surface area contributed by atoms with Crippen molar-refractivity contribution in [1.29, 1.82) is 0 Å². The molecule has 1 aromatic heterocycles. The van der Waals surface area contributed by atoms with E-state index >= 15 is 0 Å². The Labute approximate surface area is 169 Å². The van der Waals surface area contributed by atoms with Crippen LogP contribution in [-0.4, -0.2) is 35.9 Å². The highest BCUT2D eigenvalue weighted by molar-refractivity contribution is 5.95. The van der Waals surface area contributed by atoms with Gasteiger partial charge in [-0.3, -0.25) is 4.79 Å². The van der Waals surface area contributed by atoms with Gasteiger partial charge in [-0.15, -0.1) is 10.2 Å². The maximum absolute atomic E-state index is 13.4. The van der Waals surface area contributed by atoms with Gasteiger partial charge >= 0.3 is 0 Å². The SMILES string of the molecule is CCOCCCNC(=O)c1cccc(Nc2ccc(-c3cccc(F)c3)nn2)c1. The van der Waals surface area contributed by atoms with Crippen LogP contribution >= 0.6 is 0 Å². The van der Waals surface area contributed by atoms with Crippen molar-refractivity contribution in [3.63, 3.8) is 0 Å². The van der Waals surface area contributed by atoms with E-state index in [0.717, 1.165) is 12.1 Å². The van der Waals surface area contributed by atoms with Crippen LogP contribution in [0.1, 0.15) is 23.7 Å². The van der Waals surface area contributed by atoms with Crippen molar-refractivity contribution in [2.75, 3.05) is 25.1 Å². The highest BCUT2D eigenvalue weighted by Crippen LogP contribution is 2.20. The molecular weight excluding hydrogens is 371 g/mol. The Balaban J connectivity index is 1.60. The number of nitrogens with zero attached hydrogens (tertiary/aromatic N) is 2. The lowest BCUT2D eigenvalue weighted by Crippen LogP contribution is -2.25. The van der Waals surface area contributed by atoms with E-state index in [9.17, 15) is 9.18 Å². The summed E-state index contributed by atoms with van der Waals surface area (Å²) in [7, 11) is 0. The van der Waals surface area contributed by atoms with Crippen molar-refractivity contribution >= 4 is 17.4 Å². The summed E-state index contributed by atoms with van der Waals surface area (Å²) < 4.78 is 18.6. The topological polar surface area (TPSA) is 76.1 Å². The Morgan fingerprint density at radius 1 is 1.07 bits per heavy atom. The standard InChI is InChI=1S/C22H23FN4O2/c1-2-29-13-5-12-24-22(28)17-7-4-9-19(15-17)25-21-11-10-20(26-27-21)16-6-3-8-18(23)14-16/h3-4,6-11,14-15H,2,5,12-13H2,1H3,(H,24,28)(H,25,27). The van der Waals surface area contributed by atoms with Gasteiger partial charge in [0.15, 0.2) is 5.82 Å². The molecule has 6 nitrogen and oxygen atoms in total. The van der Waals surface area contributed by atoms with Gasteiger partial charge in [0.1, 0.15) is 5.82 Å².